The molecule has 0 atom stereocenters. The van der Waals surface area contributed by atoms with Gasteiger partial charge in [-0.3, -0.25) is 0 Å². The Labute approximate surface area is 112 Å². The first-order valence-electron chi connectivity index (χ1n) is 6.02. The Morgan fingerprint density at radius 1 is 1.11 bits per heavy atom. The van der Waals surface area contributed by atoms with Gasteiger partial charge in [-0.05, 0) is 24.8 Å². The zero-order valence-corrected chi connectivity index (χ0v) is 11.6. The minimum absolute atomic E-state index is 0.402. The summed E-state index contributed by atoms with van der Waals surface area (Å²) in [7, 11) is 0. The molecule has 0 spiro atoms. The van der Waals surface area contributed by atoms with Crippen LogP contribution in [0.4, 0.5) is 0 Å². The molecule has 0 fully saturated rings. The van der Waals surface area contributed by atoms with Gasteiger partial charge in [0.15, 0.2) is 5.15 Å². The number of benzene rings is 1. The van der Waals surface area contributed by atoms with Crippen LogP contribution in [0.2, 0.25) is 5.15 Å². The summed E-state index contributed by atoms with van der Waals surface area (Å²) in [6, 6.07) is 8.25. The summed E-state index contributed by atoms with van der Waals surface area (Å²) in [5, 5.41) is 8.44. The van der Waals surface area contributed by atoms with Crippen LogP contribution in [0, 0.1) is 12.8 Å². The number of nitrogens with zero attached hydrogens (tertiary/aromatic N) is 3. The molecule has 18 heavy (non-hydrogen) atoms. The van der Waals surface area contributed by atoms with Crippen molar-refractivity contribution in [3.63, 3.8) is 0 Å². The number of aromatic nitrogens is 3. The predicted octanol–water partition coefficient (Wildman–Crippen LogP) is 3.70. The Balaban J connectivity index is 2.28. The van der Waals surface area contributed by atoms with Gasteiger partial charge in [0.1, 0.15) is 11.5 Å². The SMILES string of the molecule is Cc1nnc(-c2ccc(CC(C)C)cc2)c(Cl)n1. The second-order valence-electron chi connectivity index (χ2n) is 4.79. The van der Waals surface area contributed by atoms with Crippen molar-refractivity contribution in [1.29, 1.82) is 0 Å². The summed E-state index contributed by atoms with van der Waals surface area (Å²) < 4.78 is 0. The molecule has 1 aromatic heterocycles. The van der Waals surface area contributed by atoms with E-state index in [9.17, 15) is 0 Å². The smallest absolute Gasteiger partial charge is 0.159 e. The van der Waals surface area contributed by atoms with E-state index in [1.165, 1.54) is 5.56 Å². The summed E-state index contributed by atoms with van der Waals surface area (Å²) in [6.45, 7) is 6.19. The fourth-order valence-electron chi connectivity index (χ4n) is 1.83. The summed E-state index contributed by atoms with van der Waals surface area (Å²) in [6.07, 6.45) is 1.08. The van der Waals surface area contributed by atoms with E-state index in [0.717, 1.165) is 12.0 Å². The summed E-state index contributed by atoms with van der Waals surface area (Å²) >= 11 is 6.07. The lowest BCUT2D eigenvalue weighted by molar-refractivity contribution is 0.647. The summed E-state index contributed by atoms with van der Waals surface area (Å²) in [4.78, 5) is 4.11. The molecule has 1 heterocycles. The number of hydrogen-bond acceptors (Lipinski definition) is 3. The molecule has 0 saturated heterocycles. The average molecular weight is 262 g/mol. The lowest BCUT2D eigenvalue weighted by atomic mass is 10.0. The van der Waals surface area contributed by atoms with E-state index < -0.39 is 0 Å². The van der Waals surface area contributed by atoms with Gasteiger partial charge in [-0.2, -0.15) is 0 Å². The normalized spacial score (nSPS) is 10.9. The van der Waals surface area contributed by atoms with Gasteiger partial charge in [-0.25, -0.2) is 4.98 Å². The van der Waals surface area contributed by atoms with Crippen molar-refractivity contribution in [1.82, 2.24) is 15.2 Å². The minimum atomic E-state index is 0.402. The molecule has 0 aliphatic rings. The van der Waals surface area contributed by atoms with Crippen LogP contribution in [0.25, 0.3) is 11.3 Å². The van der Waals surface area contributed by atoms with E-state index in [0.29, 0.717) is 22.6 Å². The van der Waals surface area contributed by atoms with Gasteiger partial charge in [0.2, 0.25) is 0 Å². The third kappa shape index (κ3) is 3.05. The zero-order valence-electron chi connectivity index (χ0n) is 10.8. The van der Waals surface area contributed by atoms with Crippen molar-refractivity contribution in [3.05, 3.63) is 40.8 Å². The summed E-state index contributed by atoms with van der Waals surface area (Å²) in [5.41, 5.74) is 2.91. The highest BCUT2D eigenvalue weighted by Crippen LogP contribution is 2.24. The molecule has 0 saturated carbocycles. The van der Waals surface area contributed by atoms with Crippen molar-refractivity contribution in [2.75, 3.05) is 0 Å². The molecular weight excluding hydrogens is 246 g/mol. The molecule has 4 heteroatoms. The molecular formula is C14H16ClN3. The predicted molar refractivity (Wildman–Crippen MR) is 73.6 cm³/mol. The number of halogens is 1. The highest BCUT2D eigenvalue weighted by molar-refractivity contribution is 6.31. The Morgan fingerprint density at radius 2 is 1.78 bits per heavy atom. The first-order chi connectivity index (χ1) is 8.56. The second-order valence-corrected chi connectivity index (χ2v) is 5.15. The molecule has 0 N–H and O–H groups in total. The van der Waals surface area contributed by atoms with E-state index in [4.69, 9.17) is 11.6 Å². The van der Waals surface area contributed by atoms with Crippen LogP contribution in [0.5, 0.6) is 0 Å². The third-order valence-corrected chi connectivity index (χ3v) is 2.88. The van der Waals surface area contributed by atoms with Gasteiger partial charge >= 0.3 is 0 Å². The topological polar surface area (TPSA) is 38.7 Å². The van der Waals surface area contributed by atoms with E-state index in [-0.39, 0.29) is 0 Å². The van der Waals surface area contributed by atoms with Crippen molar-refractivity contribution >= 4 is 11.6 Å². The van der Waals surface area contributed by atoms with Gasteiger partial charge in [-0.1, -0.05) is 49.7 Å². The van der Waals surface area contributed by atoms with E-state index in [1.807, 2.05) is 12.1 Å². The maximum absolute atomic E-state index is 6.07. The van der Waals surface area contributed by atoms with Crippen molar-refractivity contribution in [3.8, 4) is 11.3 Å². The number of aryl methyl sites for hydroxylation is 1. The molecule has 1 aromatic carbocycles. The van der Waals surface area contributed by atoms with Gasteiger partial charge in [0.25, 0.3) is 0 Å². The fourth-order valence-corrected chi connectivity index (χ4v) is 2.10. The lowest BCUT2D eigenvalue weighted by Gasteiger charge is -2.06. The Bertz CT molecular complexity index is 535. The van der Waals surface area contributed by atoms with Gasteiger partial charge in [-0.15, -0.1) is 10.2 Å². The molecule has 0 aliphatic heterocycles. The molecule has 3 nitrogen and oxygen atoms in total. The highest BCUT2D eigenvalue weighted by atomic mass is 35.5. The van der Waals surface area contributed by atoms with Gasteiger partial charge < -0.3 is 0 Å². The fraction of sp³-hybridized carbons (Fsp3) is 0.357. The molecule has 0 unspecified atom stereocenters. The van der Waals surface area contributed by atoms with Gasteiger partial charge in [0.05, 0.1) is 0 Å². The average Bonchev–Trinajstić information content (AvgIpc) is 2.30. The van der Waals surface area contributed by atoms with Crippen LogP contribution in [-0.2, 0) is 6.42 Å². The largest absolute Gasteiger partial charge is 0.217 e. The highest BCUT2D eigenvalue weighted by Gasteiger charge is 2.08. The van der Waals surface area contributed by atoms with Crippen LogP contribution in [0.3, 0.4) is 0 Å². The molecule has 0 amide bonds. The molecule has 0 bridgehead atoms. The monoisotopic (exact) mass is 261 g/mol. The third-order valence-electron chi connectivity index (χ3n) is 2.62. The molecule has 94 valence electrons. The number of rotatable bonds is 3. The number of hydrogen-bond donors (Lipinski definition) is 0. The first-order valence-corrected chi connectivity index (χ1v) is 6.40. The van der Waals surface area contributed by atoms with Crippen LogP contribution in [0.1, 0.15) is 25.2 Å². The molecule has 2 rings (SSSR count). The molecule has 2 aromatic rings. The minimum Gasteiger partial charge on any atom is -0.217 e. The Morgan fingerprint density at radius 3 is 2.33 bits per heavy atom. The van der Waals surface area contributed by atoms with Crippen molar-refractivity contribution < 1.29 is 0 Å². The zero-order chi connectivity index (χ0) is 13.1. The molecule has 0 radical (unpaired) electrons. The van der Waals surface area contributed by atoms with E-state index in [1.54, 1.807) is 6.92 Å². The van der Waals surface area contributed by atoms with Crippen molar-refractivity contribution in [2.45, 2.75) is 27.2 Å². The van der Waals surface area contributed by atoms with Crippen LogP contribution < -0.4 is 0 Å². The van der Waals surface area contributed by atoms with Crippen LogP contribution >= 0.6 is 11.6 Å². The first kappa shape index (κ1) is 13.0. The van der Waals surface area contributed by atoms with Gasteiger partial charge in [0, 0.05) is 5.56 Å². The van der Waals surface area contributed by atoms with Crippen molar-refractivity contribution in [2.24, 2.45) is 5.92 Å². The maximum atomic E-state index is 6.07. The Kier molecular flexibility index (Phi) is 3.92. The summed E-state index contributed by atoms with van der Waals surface area (Å²) in [5.74, 6) is 1.24. The van der Waals surface area contributed by atoms with E-state index >= 15 is 0 Å². The van der Waals surface area contributed by atoms with Crippen LogP contribution in [0.15, 0.2) is 24.3 Å². The van der Waals surface area contributed by atoms with Crippen LogP contribution in [-0.4, -0.2) is 15.2 Å². The lowest BCUT2D eigenvalue weighted by Crippen LogP contribution is -1.97. The quantitative estimate of drug-likeness (QED) is 0.846. The van der Waals surface area contributed by atoms with E-state index in [2.05, 4.69) is 41.2 Å². The maximum Gasteiger partial charge on any atom is 0.159 e. The Hall–Kier alpha value is -1.48. The molecule has 0 aliphatic carbocycles. The second kappa shape index (κ2) is 5.44. The standard InChI is InChI=1S/C14H16ClN3/c1-9(2)8-11-4-6-12(7-5-11)13-14(15)16-10(3)17-18-13/h4-7,9H,8H2,1-3H3.